The van der Waals surface area contributed by atoms with Gasteiger partial charge in [-0.1, -0.05) is 35.9 Å². The first-order valence-corrected chi connectivity index (χ1v) is 12.7. The fourth-order valence-corrected chi connectivity index (χ4v) is 4.39. The molecule has 2 aromatic rings. The Balaban J connectivity index is 2.48. The predicted octanol–water partition coefficient (Wildman–Crippen LogP) is 3.42. The fraction of sp³-hybridized carbons (Fsp3) is 0.417. The first-order chi connectivity index (χ1) is 16.1. The second kappa shape index (κ2) is 11.4. The maximum atomic E-state index is 14.6. The van der Waals surface area contributed by atoms with Crippen molar-refractivity contribution >= 4 is 39.3 Å². The number of anilines is 1. The van der Waals surface area contributed by atoms with Crippen molar-refractivity contribution < 1.29 is 22.4 Å². The molecule has 2 aromatic carbocycles. The molecule has 0 spiro atoms. The van der Waals surface area contributed by atoms with E-state index in [0.29, 0.717) is 14.9 Å². The Labute approximate surface area is 211 Å². The Hall–Kier alpha value is -2.69. The Morgan fingerprint density at radius 1 is 1.06 bits per heavy atom. The molecule has 0 radical (unpaired) electrons. The number of nitrogens with one attached hydrogen (secondary N) is 1. The largest absolute Gasteiger partial charge is 0.350 e. The smallest absolute Gasteiger partial charge is 0.304 e. The minimum Gasteiger partial charge on any atom is -0.350 e. The van der Waals surface area contributed by atoms with Gasteiger partial charge in [0.1, 0.15) is 18.4 Å². The zero-order valence-electron chi connectivity index (χ0n) is 20.7. The number of rotatable bonds is 9. The van der Waals surface area contributed by atoms with Gasteiger partial charge in [-0.05, 0) is 57.5 Å². The molecule has 0 aliphatic heterocycles. The molecule has 0 saturated heterocycles. The predicted molar refractivity (Wildman–Crippen MR) is 136 cm³/mol. The van der Waals surface area contributed by atoms with E-state index in [0.717, 1.165) is 10.4 Å². The molecule has 0 bridgehead atoms. The second-order valence-corrected chi connectivity index (χ2v) is 11.8. The van der Waals surface area contributed by atoms with Crippen LogP contribution in [0.5, 0.6) is 0 Å². The normalized spacial score (nSPS) is 12.8. The maximum Gasteiger partial charge on any atom is 0.304 e. The zero-order valence-corrected chi connectivity index (χ0v) is 22.3. The number of hydrogen-bond donors (Lipinski definition) is 1. The van der Waals surface area contributed by atoms with Crippen molar-refractivity contribution in [2.45, 2.75) is 45.8 Å². The highest BCUT2D eigenvalue weighted by molar-refractivity contribution is 7.90. The Morgan fingerprint density at radius 2 is 1.63 bits per heavy atom. The van der Waals surface area contributed by atoms with Crippen LogP contribution in [0.25, 0.3) is 0 Å². The number of carbonyl (C=O) groups is 2. The lowest BCUT2D eigenvalue weighted by Crippen LogP contribution is -2.55. The van der Waals surface area contributed by atoms with Crippen LogP contribution in [0.2, 0.25) is 5.02 Å². The van der Waals surface area contributed by atoms with E-state index in [1.165, 1.54) is 37.2 Å². The molecule has 35 heavy (non-hydrogen) atoms. The molecule has 0 aromatic heterocycles. The summed E-state index contributed by atoms with van der Waals surface area (Å²) in [6.07, 6.45) is 0. The number of nitrogens with zero attached hydrogens (tertiary/aromatic N) is 3. The van der Waals surface area contributed by atoms with E-state index in [1.807, 2.05) is 20.8 Å². The van der Waals surface area contributed by atoms with Crippen molar-refractivity contribution in [2.75, 3.05) is 24.9 Å². The van der Waals surface area contributed by atoms with Crippen LogP contribution < -0.4 is 9.62 Å². The van der Waals surface area contributed by atoms with Crippen LogP contribution in [0.15, 0.2) is 48.5 Å². The summed E-state index contributed by atoms with van der Waals surface area (Å²) < 4.78 is 42.3. The molecule has 8 nitrogen and oxygen atoms in total. The summed E-state index contributed by atoms with van der Waals surface area (Å²) in [7, 11) is -1.65. The van der Waals surface area contributed by atoms with Crippen LogP contribution in [0.1, 0.15) is 33.3 Å². The lowest BCUT2D eigenvalue weighted by molar-refractivity contribution is -0.140. The molecule has 192 valence electrons. The van der Waals surface area contributed by atoms with Crippen molar-refractivity contribution in [1.29, 1.82) is 0 Å². The van der Waals surface area contributed by atoms with E-state index < -0.39 is 46.0 Å². The van der Waals surface area contributed by atoms with E-state index in [-0.39, 0.29) is 12.2 Å². The van der Waals surface area contributed by atoms with E-state index >= 15 is 0 Å². The molecular weight excluding hydrogens is 495 g/mol. The standard InChI is InChI=1S/C24H32ClFN4O4S/c1-17(23(32)27-24(2,3)4)29(15-18-11-13-19(25)14-12-18)22(31)16-30(35(33,34)28(5)6)21-10-8-7-9-20(21)26/h7-14,17H,15-16H2,1-6H3,(H,27,32)/t17-/m1/s1. The highest BCUT2D eigenvalue weighted by atomic mass is 35.5. The van der Waals surface area contributed by atoms with Crippen molar-refractivity contribution in [3.63, 3.8) is 0 Å². The van der Waals surface area contributed by atoms with Gasteiger partial charge in [-0.3, -0.25) is 9.59 Å². The number of carbonyl (C=O) groups excluding carboxylic acids is 2. The van der Waals surface area contributed by atoms with Crippen LogP contribution >= 0.6 is 11.6 Å². The first-order valence-electron chi connectivity index (χ1n) is 10.9. The summed E-state index contributed by atoms with van der Waals surface area (Å²) in [6.45, 7) is 6.30. The van der Waals surface area contributed by atoms with E-state index in [2.05, 4.69) is 5.32 Å². The van der Waals surface area contributed by atoms with Crippen LogP contribution in [-0.4, -0.2) is 61.7 Å². The molecule has 1 N–H and O–H groups in total. The van der Waals surface area contributed by atoms with Gasteiger partial charge in [-0.25, -0.2) is 8.70 Å². The molecule has 0 aliphatic carbocycles. The molecule has 0 unspecified atom stereocenters. The van der Waals surface area contributed by atoms with Crippen LogP contribution in [0.4, 0.5) is 10.1 Å². The Morgan fingerprint density at radius 3 is 2.14 bits per heavy atom. The third-order valence-corrected chi connectivity index (χ3v) is 7.13. The fourth-order valence-electron chi connectivity index (χ4n) is 3.20. The van der Waals surface area contributed by atoms with Crippen molar-refractivity contribution in [1.82, 2.24) is 14.5 Å². The Kier molecular flexibility index (Phi) is 9.27. The summed E-state index contributed by atoms with van der Waals surface area (Å²) in [5, 5.41) is 3.35. The third kappa shape index (κ3) is 7.65. The summed E-state index contributed by atoms with van der Waals surface area (Å²) in [4.78, 5) is 27.8. The lowest BCUT2D eigenvalue weighted by atomic mass is 10.1. The molecule has 2 rings (SSSR count). The summed E-state index contributed by atoms with van der Waals surface area (Å²) >= 11 is 5.97. The van der Waals surface area contributed by atoms with Gasteiger partial charge < -0.3 is 10.2 Å². The highest BCUT2D eigenvalue weighted by Gasteiger charge is 2.34. The van der Waals surface area contributed by atoms with Crippen molar-refractivity contribution in [3.8, 4) is 0 Å². The van der Waals surface area contributed by atoms with E-state index in [4.69, 9.17) is 11.6 Å². The zero-order chi connectivity index (χ0) is 26.6. The van der Waals surface area contributed by atoms with Gasteiger partial charge in [0.05, 0.1) is 5.69 Å². The summed E-state index contributed by atoms with van der Waals surface area (Å²) in [5.74, 6) is -1.88. The van der Waals surface area contributed by atoms with Crippen LogP contribution in [0.3, 0.4) is 0 Å². The number of amides is 2. The number of hydrogen-bond acceptors (Lipinski definition) is 4. The van der Waals surface area contributed by atoms with Crippen molar-refractivity contribution in [3.05, 3.63) is 64.9 Å². The number of para-hydroxylation sites is 1. The number of halogens is 2. The average molecular weight is 527 g/mol. The molecule has 0 heterocycles. The summed E-state index contributed by atoms with van der Waals surface area (Å²) in [6, 6.07) is 11.1. The third-order valence-electron chi connectivity index (χ3n) is 5.07. The minimum absolute atomic E-state index is 0.0157. The van der Waals surface area contributed by atoms with Gasteiger partial charge in [0.2, 0.25) is 11.8 Å². The lowest BCUT2D eigenvalue weighted by Gasteiger charge is -2.34. The number of benzene rings is 2. The topological polar surface area (TPSA) is 90.0 Å². The summed E-state index contributed by atoms with van der Waals surface area (Å²) in [5.41, 5.74) is -0.132. The van der Waals surface area contributed by atoms with E-state index in [1.54, 1.807) is 31.2 Å². The second-order valence-electron chi connectivity index (χ2n) is 9.31. The van der Waals surface area contributed by atoms with Crippen molar-refractivity contribution in [2.24, 2.45) is 0 Å². The maximum absolute atomic E-state index is 14.6. The molecule has 1 atom stereocenters. The van der Waals surface area contributed by atoms with E-state index in [9.17, 15) is 22.4 Å². The molecule has 2 amide bonds. The van der Waals surface area contributed by atoms with Gasteiger partial charge in [0, 0.05) is 31.2 Å². The van der Waals surface area contributed by atoms with Gasteiger partial charge in [0.25, 0.3) is 0 Å². The van der Waals surface area contributed by atoms with Gasteiger partial charge in [-0.15, -0.1) is 0 Å². The Bertz CT molecular complexity index is 1150. The molecule has 0 aliphatic rings. The molecule has 0 saturated carbocycles. The van der Waals surface area contributed by atoms with Gasteiger partial charge >= 0.3 is 10.2 Å². The minimum atomic E-state index is -4.24. The first kappa shape index (κ1) is 28.5. The molecular formula is C24H32ClFN4O4S. The molecule has 0 fully saturated rings. The highest BCUT2D eigenvalue weighted by Crippen LogP contribution is 2.24. The SMILES string of the molecule is C[C@H](C(=O)NC(C)(C)C)N(Cc1ccc(Cl)cc1)C(=O)CN(c1ccccc1F)S(=O)(=O)N(C)C. The molecule has 11 heteroatoms. The van der Waals surface area contributed by atoms with Gasteiger partial charge in [-0.2, -0.15) is 12.7 Å². The van der Waals surface area contributed by atoms with Crippen LogP contribution in [0, 0.1) is 5.82 Å². The monoisotopic (exact) mass is 526 g/mol. The quantitative estimate of drug-likeness (QED) is 0.542. The van der Waals surface area contributed by atoms with Crippen LogP contribution in [-0.2, 0) is 26.3 Å². The van der Waals surface area contributed by atoms with Gasteiger partial charge in [0.15, 0.2) is 0 Å². The average Bonchev–Trinajstić information content (AvgIpc) is 2.75.